The second-order valence-electron chi connectivity index (χ2n) is 13.3. The lowest BCUT2D eigenvalue weighted by Gasteiger charge is -2.64. The van der Waals surface area contributed by atoms with Crippen molar-refractivity contribution in [1.82, 2.24) is 15.1 Å². The van der Waals surface area contributed by atoms with Crippen molar-refractivity contribution >= 4 is 19.0 Å². The molecule has 200 valence electrons. The predicted octanol–water partition coefficient (Wildman–Crippen LogP) is 4.03. The summed E-state index contributed by atoms with van der Waals surface area (Å²) < 4.78 is 20.4. The number of esters is 1. The Morgan fingerprint density at radius 1 is 1.25 bits per heavy atom. The van der Waals surface area contributed by atoms with Crippen molar-refractivity contribution < 1.29 is 23.6 Å². The summed E-state index contributed by atoms with van der Waals surface area (Å²) in [6.07, 6.45) is 6.38. The van der Waals surface area contributed by atoms with Crippen LogP contribution in [0.15, 0.2) is 18.5 Å². The molecule has 1 aromatic heterocycles. The normalized spacial score (nSPS) is 30.4. The van der Waals surface area contributed by atoms with Crippen molar-refractivity contribution in [2.24, 2.45) is 29.1 Å². The van der Waals surface area contributed by atoms with Crippen LogP contribution in [-0.2, 0) is 30.2 Å². The molecule has 0 unspecified atom stereocenters. The van der Waals surface area contributed by atoms with Crippen molar-refractivity contribution in [3.8, 4) is 0 Å². The van der Waals surface area contributed by atoms with Crippen molar-refractivity contribution in [2.45, 2.75) is 111 Å². The van der Waals surface area contributed by atoms with Crippen LogP contribution >= 0.6 is 0 Å². The molecular weight excluding hydrogens is 457 g/mol. The molecule has 1 N–H and O–H groups in total. The Balaban J connectivity index is 1.49. The van der Waals surface area contributed by atoms with E-state index in [1.165, 1.54) is 6.42 Å². The fraction of sp³-hybridized carbons (Fsp3) is 0.815. The van der Waals surface area contributed by atoms with Crippen LogP contribution in [0.1, 0.15) is 81.1 Å². The van der Waals surface area contributed by atoms with E-state index >= 15 is 0 Å². The first-order valence-electron chi connectivity index (χ1n) is 13.5. The topological polar surface area (TPSA) is 91.7 Å². The van der Waals surface area contributed by atoms with Crippen LogP contribution in [0, 0.1) is 29.1 Å². The first-order valence-corrected chi connectivity index (χ1v) is 13.5. The first-order chi connectivity index (χ1) is 16.7. The summed E-state index contributed by atoms with van der Waals surface area (Å²) in [5, 5.41) is 7.45. The monoisotopic (exact) mass is 501 g/mol. The van der Waals surface area contributed by atoms with E-state index in [4.69, 9.17) is 14.0 Å². The average molecular weight is 501 g/mol. The molecule has 5 rings (SSSR count). The second kappa shape index (κ2) is 9.78. The van der Waals surface area contributed by atoms with Crippen LogP contribution in [0.5, 0.6) is 0 Å². The van der Waals surface area contributed by atoms with Crippen LogP contribution in [0.2, 0.25) is 0 Å². The lowest BCUT2D eigenvalue weighted by atomic mass is 9.43. The predicted molar refractivity (Wildman–Crippen MR) is 138 cm³/mol. The van der Waals surface area contributed by atoms with Gasteiger partial charge >= 0.3 is 13.1 Å². The highest BCUT2D eigenvalue weighted by Gasteiger charge is 2.68. The summed E-state index contributed by atoms with van der Waals surface area (Å²) in [6.45, 7) is 16.9. The fourth-order valence-corrected chi connectivity index (χ4v) is 6.58. The molecule has 2 bridgehead atoms. The number of nitrogens with one attached hydrogen (secondary N) is 1. The number of amides is 1. The number of rotatable bonds is 9. The lowest BCUT2D eigenvalue weighted by Crippen LogP contribution is -2.65. The van der Waals surface area contributed by atoms with E-state index in [1.54, 1.807) is 23.1 Å². The number of ether oxygens (including phenoxy) is 1. The molecule has 2 heterocycles. The van der Waals surface area contributed by atoms with Gasteiger partial charge in [-0.1, -0.05) is 27.7 Å². The summed E-state index contributed by atoms with van der Waals surface area (Å²) in [4.78, 5) is 26.3. The van der Waals surface area contributed by atoms with Gasteiger partial charge in [0.05, 0.1) is 36.5 Å². The average Bonchev–Trinajstić information content (AvgIpc) is 3.37. The van der Waals surface area contributed by atoms with Crippen molar-refractivity contribution in [3.05, 3.63) is 18.5 Å². The Bertz CT molecular complexity index is 944. The van der Waals surface area contributed by atoms with Gasteiger partial charge in [-0.25, -0.2) is 0 Å². The highest BCUT2D eigenvalue weighted by molar-refractivity contribution is 6.47. The van der Waals surface area contributed by atoms with Gasteiger partial charge in [0.25, 0.3) is 0 Å². The zero-order valence-electron chi connectivity index (χ0n) is 23.2. The van der Waals surface area contributed by atoms with Gasteiger partial charge in [-0.3, -0.25) is 14.3 Å². The SMILES string of the molecule is CC(C)C[C@H](NC(=O)[C@@H](CC(=O)OC(C)(C)C)Cn1cccn1)B1O[C@@H]2C[C@@H]3C[C@@H](C3(C)C)[C@]2(C)O1. The summed E-state index contributed by atoms with van der Waals surface area (Å²) in [5.41, 5.74) is -0.702. The molecule has 3 aliphatic carbocycles. The fourth-order valence-electron chi connectivity index (χ4n) is 6.58. The number of hydrogen-bond donors (Lipinski definition) is 1. The largest absolute Gasteiger partial charge is 0.481 e. The van der Waals surface area contributed by atoms with Gasteiger partial charge in [0.2, 0.25) is 5.91 Å². The Hall–Kier alpha value is -1.87. The Kier molecular flexibility index (Phi) is 7.39. The summed E-state index contributed by atoms with van der Waals surface area (Å²) in [6, 6.07) is 1.80. The van der Waals surface area contributed by atoms with Gasteiger partial charge in [0, 0.05) is 12.4 Å². The molecule has 0 spiro atoms. The molecule has 8 nitrogen and oxygen atoms in total. The molecule has 1 saturated heterocycles. The highest BCUT2D eigenvalue weighted by Crippen LogP contribution is 2.65. The minimum atomic E-state index is -0.625. The molecule has 4 aliphatic rings. The van der Waals surface area contributed by atoms with E-state index in [0.717, 1.165) is 12.8 Å². The van der Waals surface area contributed by atoms with E-state index in [2.05, 4.69) is 45.0 Å². The quantitative estimate of drug-likeness (QED) is 0.406. The van der Waals surface area contributed by atoms with E-state index in [0.29, 0.717) is 17.8 Å². The van der Waals surface area contributed by atoms with Crippen LogP contribution in [0.25, 0.3) is 0 Å². The smallest absolute Gasteiger partial charge is 0.460 e. The van der Waals surface area contributed by atoms with Crippen LogP contribution in [-0.4, -0.2) is 52.0 Å². The lowest BCUT2D eigenvalue weighted by molar-refractivity contribution is -0.199. The third-order valence-corrected chi connectivity index (χ3v) is 8.52. The summed E-state index contributed by atoms with van der Waals surface area (Å²) >= 11 is 0. The van der Waals surface area contributed by atoms with Gasteiger partial charge in [-0.05, 0) is 76.2 Å². The molecule has 3 saturated carbocycles. The van der Waals surface area contributed by atoms with E-state index in [1.807, 2.05) is 20.8 Å². The highest BCUT2D eigenvalue weighted by atomic mass is 16.7. The van der Waals surface area contributed by atoms with Gasteiger partial charge in [-0.15, -0.1) is 0 Å². The minimum Gasteiger partial charge on any atom is -0.460 e. The molecule has 4 fully saturated rings. The van der Waals surface area contributed by atoms with Gasteiger partial charge in [0.15, 0.2) is 0 Å². The zero-order valence-corrected chi connectivity index (χ0v) is 23.2. The van der Waals surface area contributed by atoms with Gasteiger partial charge in [-0.2, -0.15) is 5.10 Å². The number of carbonyl (C=O) groups is 2. The first kappa shape index (κ1) is 27.2. The third-order valence-electron chi connectivity index (χ3n) is 8.52. The van der Waals surface area contributed by atoms with Crippen molar-refractivity contribution in [1.29, 1.82) is 0 Å². The Labute approximate surface area is 216 Å². The Morgan fingerprint density at radius 2 is 1.97 bits per heavy atom. The molecule has 0 radical (unpaired) electrons. The summed E-state index contributed by atoms with van der Waals surface area (Å²) in [7, 11) is -0.506. The van der Waals surface area contributed by atoms with Crippen LogP contribution in [0.4, 0.5) is 0 Å². The molecule has 9 heteroatoms. The zero-order chi connectivity index (χ0) is 26.5. The maximum absolute atomic E-state index is 13.6. The third kappa shape index (κ3) is 5.52. The number of aromatic nitrogens is 2. The van der Waals surface area contributed by atoms with E-state index in [9.17, 15) is 9.59 Å². The van der Waals surface area contributed by atoms with E-state index < -0.39 is 24.6 Å². The second-order valence-corrected chi connectivity index (χ2v) is 13.3. The number of carbonyl (C=O) groups excluding carboxylic acids is 2. The molecule has 6 atom stereocenters. The van der Waals surface area contributed by atoms with Crippen molar-refractivity contribution in [3.63, 3.8) is 0 Å². The molecular formula is C27H44BN3O5. The molecule has 1 aromatic rings. The van der Waals surface area contributed by atoms with Gasteiger partial charge < -0.3 is 19.4 Å². The van der Waals surface area contributed by atoms with E-state index in [-0.39, 0.29) is 41.9 Å². The summed E-state index contributed by atoms with van der Waals surface area (Å²) in [5.74, 6) is -0.0944. The molecule has 36 heavy (non-hydrogen) atoms. The molecule has 0 aromatic carbocycles. The minimum absolute atomic E-state index is 0.0258. The molecule has 1 aliphatic heterocycles. The maximum Gasteiger partial charge on any atom is 0.481 e. The van der Waals surface area contributed by atoms with Crippen LogP contribution < -0.4 is 5.32 Å². The number of nitrogens with zero attached hydrogens (tertiary/aromatic N) is 2. The Morgan fingerprint density at radius 3 is 2.56 bits per heavy atom. The maximum atomic E-state index is 13.6. The van der Waals surface area contributed by atoms with Crippen LogP contribution in [0.3, 0.4) is 0 Å². The van der Waals surface area contributed by atoms with Crippen molar-refractivity contribution in [2.75, 3.05) is 0 Å². The van der Waals surface area contributed by atoms with Gasteiger partial charge in [0.1, 0.15) is 5.60 Å². The molecule has 1 amide bonds. The standard InChI is InChI=1S/C27H44BN3O5/c1-17(2)12-22(28-35-21-15-19-14-20(26(19,6)7)27(21,8)36-28)30-24(33)18(16-31-11-9-10-29-31)13-23(32)34-25(3,4)5/h9-11,17-22H,12-16H2,1-8H3,(H,30,33)/t18-,19-,20-,21+,22-,27-/m0/s1. The number of hydrogen-bond acceptors (Lipinski definition) is 6.